The van der Waals surface area contributed by atoms with Gasteiger partial charge in [-0.25, -0.2) is 8.78 Å². The molecule has 2 aromatic rings. The molecule has 0 radical (unpaired) electrons. The Morgan fingerprint density at radius 3 is 2.42 bits per heavy atom. The largest absolute Gasteiger partial charge is 0.321 e. The minimum Gasteiger partial charge on any atom is -0.321 e. The van der Waals surface area contributed by atoms with Crippen molar-refractivity contribution in [3.8, 4) is 0 Å². The zero-order chi connectivity index (χ0) is 14.0. The molecule has 1 aromatic carbocycles. The normalized spacial score (nSPS) is 10.3. The fraction of sp³-hybridized carbons (Fsp3) is 0. The molecule has 0 saturated heterocycles. The Labute approximate surface area is 124 Å². The summed E-state index contributed by atoms with van der Waals surface area (Å²) >= 11 is 6.12. The van der Waals surface area contributed by atoms with Crippen LogP contribution in [0.5, 0.6) is 0 Å². The lowest BCUT2D eigenvalue weighted by Crippen LogP contribution is -2.16. The van der Waals surface area contributed by atoms with Gasteiger partial charge in [0.25, 0.3) is 5.91 Å². The molecule has 0 spiro atoms. The highest BCUT2D eigenvalue weighted by Crippen LogP contribution is 2.23. The molecule has 98 valence electrons. The van der Waals surface area contributed by atoms with E-state index >= 15 is 0 Å². The number of benzene rings is 1. The van der Waals surface area contributed by atoms with Gasteiger partial charge in [0.2, 0.25) is 0 Å². The summed E-state index contributed by atoms with van der Waals surface area (Å²) < 4.78 is 28.0. The van der Waals surface area contributed by atoms with Crippen LogP contribution < -0.4 is 5.32 Å². The van der Waals surface area contributed by atoms with Crippen LogP contribution in [0.3, 0.4) is 0 Å². The molecule has 1 heterocycles. The molecule has 0 aliphatic heterocycles. The highest BCUT2D eigenvalue weighted by molar-refractivity contribution is 9.10. The highest BCUT2D eigenvalue weighted by atomic mass is 79.9. The molecule has 19 heavy (non-hydrogen) atoms. The number of carbonyl (C=O) groups excluding carboxylic acids is 1. The zero-order valence-electron chi connectivity index (χ0n) is 9.25. The molecule has 0 saturated carbocycles. The molecule has 0 atom stereocenters. The second kappa shape index (κ2) is 5.75. The molecule has 3 nitrogen and oxygen atoms in total. The van der Waals surface area contributed by atoms with Crippen molar-refractivity contribution in [2.75, 3.05) is 5.32 Å². The summed E-state index contributed by atoms with van der Waals surface area (Å²) in [6, 6.07) is 3.57. The maximum Gasteiger partial charge on any atom is 0.261 e. The quantitative estimate of drug-likeness (QED) is 0.835. The highest BCUT2D eigenvalue weighted by Gasteiger charge is 2.19. The molecule has 0 bridgehead atoms. The van der Waals surface area contributed by atoms with E-state index in [-0.39, 0.29) is 4.47 Å². The number of hydrogen-bond donors (Lipinski definition) is 1. The number of halogens is 4. The molecule has 1 N–H and O–H groups in total. The van der Waals surface area contributed by atoms with Crippen LogP contribution in [-0.2, 0) is 0 Å². The molecular weight excluding hydrogens is 386 g/mol. The van der Waals surface area contributed by atoms with Crippen molar-refractivity contribution < 1.29 is 13.6 Å². The van der Waals surface area contributed by atoms with E-state index in [0.717, 1.165) is 12.1 Å². The third-order valence-corrected chi connectivity index (χ3v) is 3.34. The second-order valence-electron chi connectivity index (χ2n) is 3.55. The van der Waals surface area contributed by atoms with E-state index in [1.165, 1.54) is 18.5 Å². The van der Waals surface area contributed by atoms with Gasteiger partial charge in [-0.3, -0.25) is 9.78 Å². The first-order chi connectivity index (χ1) is 8.99. The molecular formula is C12H6Br2F2N2O. The SMILES string of the molecule is O=C(Nc1ccncc1Br)c1c(F)cc(Br)cc1F. The average molecular weight is 392 g/mol. The van der Waals surface area contributed by atoms with Gasteiger partial charge in [0, 0.05) is 16.9 Å². The molecule has 0 fully saturated rings. The number of carbonyl (C=O) groups is 1. The number of aromatic nitrogens is 1. The molecule has 0 aliphatic rings. The lowest BCUT2D eigenvalue weighted by molar-refractivity contribution is 0.101. The first-order valence-electron chi connectivity index (χ1n) is 5.04. The summed E-state index contributed by atoms with van der Waals surface area (Å²) in [6.07, 6.45) is 2.92. The maximum absolute atomic E-state index is 13.6. The minimum atomic E-state index is -0.936. The van der Waals surface area contributed by atoms with Gasteiger partial charge in [-0.05, 0) is 34.1 Å². The molecule has 1 amide bonds. The number of nitrogens with one attached hydrogen (secondary N) is 1. The van der Waals surface area contributed by atoms with E-state index in [4.69, 9.17) is 0 Å². The van der Waals surface area contributed by atoms with Crippen molar-refractivity contribution >= 4 is 43.5 Å². The molecule has 1 aromatic heterocycles. The summed E-state index contributed by atoms with van der Waals surface area (Å²) in [6.45, 7) is 0. The first-order valence-corrected chi connectivity index (χ1v) is 6.63. The van der Waals surface area contributed by atoms with Gasteiger partial charge in [0.15, 0.2) is 0 Å². The molecule has 0 unspecified atom stereocenters. The smallest absolute Gasteiger partial charge is 0.261 e. The Kier molecular flexibility index (Phi) is 4.26. The fourth-order valence-corrected chi connectivity index (χ4v) is 2.17. The standard InChI is InChI=1S/C12H6Br2F2N2O/c13-6-3-8(15)11(9(16)4-6)12(19)18-10-1-2-17-5-7(10)14/h1-5H,(H,17,18,19). The molecule has 0 aliphatic carbocycles. The molecule has 2 rings (SSSR count). The Morgan fingerprint density at radius 2 is 1.84 bits per heavy atom. The van der Waals surface area contributed by atoms with Crippen LogP contribution in [0.1, 0.15) is 10.4 Å². The Hall–Kier alpha value is -1.34. The topological polar surface area (TPSA) is 42.0 Å². The summed E-state index contributed by atoms with van der Waals surface area (Å²) in [5, 5.41) is 2.41. The summed E-state index contributed by atoms with van der Waals surface area (Å²) in [5.74, 6) is -2.74. The second-order valence-corrected chi connectivity index (χ2v) is 5.32. The van der Waals surface area contributed by atoms with Crippen molar-refractivity contribution in [1.82, 2.24) is 4.98 Å². The zero-order valence-corrected chi connectivity index (χ0v) is 12.4. The minimum absolute atomic E-state index is 0.226. The number of amides is 1. The van der Waals surface area contributed by atoms with Crippen molar-refractivity contribution in [3.63, 3.8) is 0 Å². The van der Waals surface area contributed by atoms with Crippen LogP contribution in [0.15, 0.2) is 39.5 Å². The number of nitrogens with zero attached hydrogens (tertiary/aromatic N) is 1. The summed E-state index contributed by atoms with van der Waals surface area (Å²) in [5.41, 5.74) is -0.256. The summed E-state index contributed by atoms with van der Waals surface area (Å²) in [7, 11) is 0. The van der Waals surface area contributed by atoms with E-state index in [1.807, 2.05) is 0 Å². The van der Waals surface area contributed by atoms with Gasteiger partial charge in [-0.2, -0.15) is 0 Å². The lowest BCUT2D eigenvalue weighted by Gasteiger charge is -2.08. The Balaban J connectivity index is 2.34. The monoisotopic (exact) mass is 390 g/mol. The van der Waals surface area contributed by atoms with Crippen LogP contribution in [0.25, 0.3) is 0 Å². The average Bonchev–Trinajstić information content (AvgIpc) is 2.30. The van der Waals surface area contributed by atoms with E-state index < -0.39 is 23.1 Å². The lowest BCUT2D eigenvalue weighted by atomic mass is 10.2. The predicted octanol–water partition coefficient (Wildman–Crippen LogP) is 4.14. The number of pyridine rings is 1. The van der Waals surface area contributed by atoms with Crippen molar-refractivity contribution in [1.29, 1.82) is 0 Å². The first kappa shape index (κ1) is 14.1. The predicted molar refractivity (Wildman–Crippen MR) is 73.9 cm³/mol. The van der Waals surface area contributed by atoms with Gasteiger partial charge >= 0.3 is 0 Å². The van der Waals surface area contributed by atoms with E-state index in [1.54, 1.807) is 0 Å². The van der Waals surface area contributed by atoms with Gasteiger partial charge in [0.1, 0.15) is 17.2 Å². The van der Waals surface area contributed by atoms with Crippen molar-refractivity contribution in [3.05, 3.63) is 56.7 Å². The summed E-state index contributed by atoms with van der Waals surface area (Å²) in [4.78, 5) is 15.7. The van der Waals surface area contributed by atoms with Crippen molar-refractivity contribution in [2.45, 2.75) is 0 Å². The van der Waals surface area contributed by atoms with Crippen molar-refractivity contribution in [2.24, 2.45) is 0 Å². The van der Waals surface area contributed by atoms with Gasteiger partial charge in [-0.15, -0.1) is 0 Å². The maximum atomic E-state index is 13.6. The number of rotatable bonds is 2. The fourth-order valence-electron chi connectivity index (χ4n) is 1.42. The molecule has 7 heteroatoms. The van der Waals surface area contributed by atoms with Crippen LogP contribution in [0, 0.1) is 11.6 Å². The van der Waals surface area contributed by atoms with Gasteiger partial charge in [-0.1, -0.05) is 15.9 Å². The van der Waals surface area contributed by atoms with Crippen LogP contribution in [0.4, 0.5) is 14.5 Å². The Morgan fingerprint density at radius 1 is 1.21 bits per heavy atom. The van der Waals surface area contributed by atoms with Gasteiger partial charge < -0.3 is 5.32 Å². The van der Waals surface area contributed by atoms with E-state index in [9.17, 15) is 13.6 Å². The number of hydrogen-bond acceptors (Lipinski definition) is 2. The number of anilines is 1. The Bertz CT molecular complexity index is 626. The van der Waals surface area contributed by atoms with E-state index in [0.29, 0.717) is 10.2 Å². The third kappa shape index (κ3) is 3.16. The third-order valence-electron chi connectivity index (χ3n) is 2.25. The van der Waals surface area contributed by atoms with Crippen LogP contribution in [-0.4, -0.2) is 10.9 Å². The van der Waals surface area contributed by atoms with Crippen LogP contribution in [0.2, 0.25) is 0 Å². The van der Waals surface area contributed by atoms with Gasteiger partial charge in [0.05, 0.1) is 10.2 Å². The van der Waals surface area contributed by atoms with E-state index in [2.05, 4.69) is 42.2 Å². The van der Waals surface area contributed by atoms with Crippen LogP contribution >= 0.6 is 31.9 Å².